The first-order valence-corrected chi connectivity index (χ1v) is 6.79. The molecule has 0 amide bonds. The van der Waals surface area contributed by atoms with Gasteiger partial charge >= 0.3 is 6.18 Å². The van der Waals surface area contributed by atoms with E-state index in [1.807, 2.05) is 24.3 Å². The average molecular weight is 311 g/mol. The van der Waals surface area contributed by atoms with Gasteiger partial charge in [-0.2, -0.15) is 18.2 Å². The van der Waals surface area contributed by atoms with Crippen LogP contribution < -0.4 is 10.1 Å². The largest absolute Gasteiger partial charge is 0.480 e. The molecular formula is C15H16F3N3O. The van der Waals surface area contributed by atoms with Crippen LogP contribution in [0.5, 0.6) is 5.88 Å². The van der Waals surface area contributed by atoms with Crippen LogP contribution in [0, 0.1) is 0 Å². The van der Waals surface area contributed by atoms with Crippen LogP contribution in [-0.2, 0) is 12.6 Å². The van der Waals surface area contributed by atoms with Gasteiger partial charge in [0.15, 0.2) is 0 Å². The molecule has 0 aliphatic carbocycles. The Balaban J connectivity index is 2.31. The van der Waals surface area contributed by atoms with E-state index in [0.717, 1.165) is 37.4 Å². The Morgan fingerprint density at radius 3 is 2.59 bits per heavy atom. The van der Waals surface area contributed by atoms with Crippen LogP contribution >= 0.6 is 0 Å². The molecule has 0 saturated heterocycles. The molecule has 1 N–H and O–H groups in total. The normalized spacial score (nSPS) is 11.3. The van der Waals surface area contributed by atoms with Gasteiger partial charge in [-0.15, -0.1) is 0 Å². The molecule has 0 aliphatic heterocycles. The molecule has 4 nitrogen and oxygen atoms in total. The van der Waals surface area contributed by atoms with Crippen LogP contribution in [0.15, 0.2) is 30.5 Å². The predicted molar refractivity (Wildman–Crippen MR) is 77.3 cm³/mol. The highest BCUT2D eigenvalue weighted by atomic mass is 19.4. The number of hydrogen-bond acceptors (Lipinski definition) is 4. The van der Waals surface area contributed by atoms with Crippen LogP contribution in [0.1, 0.15) is 24.5 Å². The van der Waals surface area contributed by atoms with Crippen molar-refractivity contribution in [1.29, 1.82) is 0 Å². The van der Waals surface area contributed by atoms with Gasteiger partial charge in [0.05, 0.1) is 7.11 Å². The Hall–Kier alpha value is -2.31. The van der Waals surface area contributed by atoms with E-state index in [-0.39, 0.29) is 5.95 Å². The number of nitrogens with one attached hydrogen (secondary N) is 1. The number of aryl methyl sites for hydroxylation is 1. The van der Waals surface area contributed by atoms with Crippen LogP contribution in [-0.4, -0.2) is 17.1 Å². The second-order valence-corrected chi connectivity index (χ2v) is 4.65. The van der Waals surface area contributed by atoms with Crippen LogP contribution in [0.4, 0.5) is 24.8 Å². The quantitative estimate of drug-likeness (QED) is 0.899. The Bertz CT molecular complexity index is 644. The molecule has 1 aromatic heterocycles. The van der Waals surface area contributed by atoms with Crippen molar-refractivity contribution in [3.8, 4) is 5.88 Å². The fourth-order valence-corrected chi connectivity index (χ4v) is 2.03. The molecule has 0 aliphatic rings. The highest BCUT2D eigenvalue weighted by Gasteiger charge is 2.36. The molecule has 0 spiro atoms. The molecule has 2 rings (SSSR count). The number of rotatable bonds is 5. The molecule has 0 radical (unpaired) electrons. The Morgan fingerprint density at radius 1 is 1.23 bits per heavy atom. The summed E-state index contributed by atoms with van der Waals surface area (Å²) in [5.74, 6) is -0.439. The van der Waals surface area contributed by atoms with Crippen molar-refractivity contribution in [3.05, 3.63) is 41.6 Å². The summed E-state index contributed by atoms with van der Waals surface area (Å²) in [5.41, 5.74) is 0.820. The zero-order valence-corrected chi connectivity index (χ0v) is 12.2. The minimum Gasteiger partial charge on any atom is -0.480 e. The van der Waals surface area contributed by atoms with Crippen LogP contribution in [0.3, 0.4) is 0 Å². The topological polar surface area (TPSA) is 47.0 Å². The van der Waals surface area contributed by atoms with Gasteiger partial charge in [0.1, 0.15) is 5.56 Å². The highest BCUT2D eigenvalue weighted by molar-refractivity contribution is 5.58. The van der Waals surface area contributed by atoms with E-state index in [1.54, 1.807) is 0 Å². The summed E-state index contributed by atoms with van der Waals surface area (Å²) in [4.78, 5) is 7.52. The first kappa shape index (κ1) is 16.1. The summed E-state index contributed by atoms with van der Waals surface area (Å²) < 4.78 is 43.1. The molecule has 118 valence electrons. The lowest BCUT2D eigenvalue weighted by Crippen LogP contribution is -2.11. The van der Waals surface area contributed by atoms with Gasteiger partial charge in [-0.05, 0) is 18.1 Å². The van der Waals surface area contributed by atoms with Crippen molar-refractivity contribution in [1.82, 2.24) is 9.97 Å². The lowest BCUT2D eigenvalue weighted by Gasteiger charge is -2.13. The van der Waals surface area contributed by atoms with E-state index < -0.39 is 17.6 Å². The highest BCUT2D eigenvalue weighted by Crippen LogP contribution is 2.35. The van der Waals surface area contributed by atoms with Gasteiger partial charge in [-0.25, -0.2) is 4.98 Å². The molecule has 0 saturated carbocycles. The van der Waals surface area contributed by atoms with Gasteiger partial charge < -0.3 is 10.1 Å². The standard InChI is InChI=1S/C15H16F3N3O/c1-3-6-10-7-4-5-8-12(10)20-14-19-9-11(15(16,17)18)13(21-14)22-2/h4-5,7-9H,3,6H2,1-2H3,(H,19,20,21). The number of methoxy groups -OCH3 is 1. The maximum atomic E-state index is 12.8. The number of para-hydroxylation sites is 1. The van der Waals surface area contributed by atoms with Gasteiger partial charge in [-0.1, -0.05) is 31.5 Å². The summed E-state index contributed by atoms with van der Waals surface area (Å²) in [6, 6.07) is 7.53. The summed E-state index contributed by atoms with van der Waals surface area (Å²) in [6.07, 6.45) is -2.03. The van der Waals surface area contributed by atoms with Gasteiger partial charge in [0, 0.05) is 11.9 Å². The van der Waals surface area contributed by atoms with Crippen molar-refractivity contribution in [2.45, 2.75) is 25.9 Å². The van der Waals surface area contributed by atoms with Crippen molar-refractivity contribution in [2.24, 2.45) is 0 Å². The number of nitrogens with zero attached hydrogens (tertiary/aromatic N) is 2. The Labute approximate surface area is 126 Å². The van der Waals surface area contributed by atoms with Crippen molar-refractivity contribution < 1.29 is 17.9 Å². The first-order chi connectivity index (χ1) is 10.5. The summed E-state index contributed by atoms with van der Waals surface area (Å²) in [6.45, 7) is 2.05. The van der Waals surface area contributed by atoms with E-state index in [0.29, 0.717) is 0 Å². The fraction of sp³-hybridized carbons (Fsp3) is 0.333. The smallest absolute Gasteiger partial charge is 0.423 e. The number of alkyl halides is 3. The number of anilines is 2. The second-order valence-electron chi connectivity index (χ2n) is 4.65. The third kappa shape index (κ3) is 3.66. The van der Waals surface area contributed by atoms with Crippen molar-refractivity contribution >= 4 is 11.6 Å². The molecular weight excluding hydrogens is 295 g/mol. The van der Waals surface area contributed by atoms with E-state index >= 15 is 0 Å². The number of halogens is 3. The van der Waals surface area contributed by atoms with E-state index in [1.165, 1.54) is 0 Å². The molecule has 0 fully saturated rings. The average Bonchev–Trinajstić information content (AvgIpc) is 2.48. The zero-order chi connectivity index (χ0) is 16.2. The van der Waals surface area contributed by atoms with E-state index in [4.69, 9.17) is 4.74 Å². The number of benzene rings is 1. The molecule has 0 bridgehead atoms. The zero-order valence-electron chi connectivity index (χ0n) is 12.2. The number of hydrogen-bond donors (Lipinski definition) is 1. The summed E-state index contributed by atoms with van der Waals surface area (Å²) in [7, 11) is 1.15. The van der Waals surface area contributed by atoms with Crippen LogP contribution in [0.2, 0.25) is 0 Å². The van der Waals surface area contributed by atoms with Crippen molar-refractivity contribution in [3.63, 3.8) is 0 Å². The minimum atomic E-state index is -4.55. The summed E-state index contributed by atoms with van der Waals surface area (Å²) in [5, 5.41) is 2.94. The van der Waals surface area contributed by atoms with Gasteiger partial charge in [0.2, 0.25) is 11.8 Å². The molecule has 7 heteroatoms. The third-order valence-corrected chi connectivity index (χ3v) is 3.04. The van der Waals surface area contributed by atoms with Crippen molar-refractivity contribution in [2.75, 3.05) is 12.4 Å². The van der Waals surface area contributed by atoms with E-state index in [2.05, 4.69) is 22.2 Å². The maximum Gasteiger partial charge on any atom is 0.423 e. The molecule has 2 aromatic rings. The van der Waals surface area contributed by atoms with Crippen LogP contribution in [0.25, 0.3) is 0 Å². The second kappa shape index (κ2) is 6.64. The molecule has 0 atom stereocenters. The summed E-state index contributed by atoms with van der Waals surface area (Å²) >= 11 is 0. The molecule has 1 heterocycles. The molecule has 1 aromatic carbocycles. The molecule has 0 unspecified atom stereocenters. The lowest BCUT2D eigenvalue weighted by molar-refractivity contribution is -0.139. The van der Waals surface area contributed by atoms with Gasteiger partial charge in [-0.3, -0.25) is 0 Å². The monoisotopic (exact) mass is 311 g/mol. The SMILES string of the molecule is CCCc1ccccc1Nc1ncc(C(F)(F)F)c(OC)n1. The Morgan fingerprint density at radius 2 is 1.95 bits per heavy atom. The Kier molecular flexibility index (Phi) is 4.85. The minimum absolute atomic E-state index is 0.0633. The maximum absolute atomic E-state index is 12.8. The lowest BCUT2D eigenvalue weighted by atomic mass is 10.1. The fourth-order valence-electron chi connectivity index (χ4n) is 2.03. The molecule has 22 heavy (non-hydrogen) atoms. The first-order valence-electron chi connectivity index (χ1n) is 6.79. The number of aromatic nitrogens is 2. The predicted octanol–water partition coefficient (Wildman–Crippen LogP) is 4.20. The number of ether oxygens (including phenoxy) is 1. The third-order valence-electron chi connectivity index (χ3n) is 3.04. The van der Waals surface area contributed by atoms with E-state index in [9.17, 15) is 13.2 Å². The van der Waals surface area contributed by atoms with Gasteiger partial charge in [0.25, 0.3) is 0 Å².